The Bertz CT molecular complexity index is 97.9. The molecule has 0 spiro atoms. The van der Waals surface area contributed by atoms with E-state index >= 15 is 0 Å². The molecule has 0 aromatic rings. The smallest absolute Gasteiger partial charge is 0.161 e. The van der Waals surface area contributed by atoms with Crippen molar-refractivity contribution >= 4 is 26.7 Å². The molecular weight excluding hydrogens is 109 g/mol. The molecular formula is C4H6NOP. The van der Waals surface area contributed by atoms with E-state index in [1.165, 1.54) is 6.21 Å². The monoisotopic (exact) mass is 115 g/mol. The van der Waals surface area contributed by atoms with Crippen molar-refractivity contribution in [2.24, 2.45) is 4.76 Å². The molecule has 0 fully saturated rings. The normalized spacial score (nSPS) is 11.0. The largest absolute Gasteiger partial charge is 0.297 e. The molecule has 0 unspecified atom stereocenters. The summed E-state index contributed by atoms with van der Waals surface area (Å²) < 4.78 is 3.63. The van der Waals surface area contributed by atoms with Crippen LogP contribution in [0.15, 0.2) is 4.76 Å². The molecule has 0 aromatic heterocycles. The Morgan fingerprint density at radius 2 is 2.43 bits per heavy atom. The molecule has 0 saturated heterocycles. The van der Waals surface area contributed by atoms with Crippen LogP contribution in [-0.2, 0) is 4.79 Å². The van der Waals surface area contributed by atoms with Crippen LogP contribution in [0.4, 0.5) is 0 Å². The molecule has 3 heteroatoms. The minimum Gasteiger partial charge on any atom is -0.297 e. The second-order valence-electron chi connectivity index (χ2n) is 0.774. The SMILES string of the molecule is CC=PN=CC=O. The van der Waals surface area contributed by atoms with Gasteiger partial charge in [-0.3, -0.25) is 4.79 Å². The highest BCUT2D eigenvalue weighted by atomic mass is 31.1. The first-order chi connectivity index (χ1) is 3.41. The van der Waals surface area contributed by atoms with Gasteiger partial charge in [-0.25, -0.2) is 4.76 Å². The minimum absolute atomic E-state index is 0.663. The van der Waals surface area contributed by atoms with Gasteiger partial charge >= 0.3 is 0 Å². The Labute approximate surface area is 44.1 Å². The van der Waals surface area contributed by atoms with E-state index in [0.717, 1.165) is 8.35 Å². The standard InChI is InChI=1S/C4H6NOP/c1-2-7-5-3-4-6/h2-4H,1H3. The molecule has 0 heterocycles. The highest BCUT2D eigenvalue weighted by Gasteiger charge is 1.57. The summed E-state index contributed by atoms with van der Waals surface area (Å²) in [6.07, 6.45) is 1.90. The fourth-order valence-electron chi connectivity index (χ4n) is 0.132. The van der Waals surface area contributed by atoms with Crippen molar-refractivity contribution in [2.75, 3.05) is 0 Å². The Balaban J connectivity index is 3.27. The minimum atomic E-state index is 0.663. The van der Waals surface area contributed by atoms with Gasteiger partial charge in [-0.05, 0) is 12.7 Å². The maximum atomic E-state index is 9.51. The van der Waals surface area contributed by atoms with E-state index in [4.69, 9.17) is 0 Å². The molecule has 0 N–H and O–H groups in total. The maximum absolute atomic E-state index is 9.51. The van der Waals surface area contributed by atoms with Crippen LogP contribution in [0.5, 0.6) is 0 Å². The van der Waals surface area contributed by atoms with Gasteiger partial charge in [0, 0.05) is 8.35 Å². The molecule has 0 radical (unpaired) electrons. The van der Waals surface area contributed by atoms with Gasteiger partial charge in [-0.1, -0.05) is 0 Å². The summed E-state index contributed by atoms with van der Waals surface area (Å²) in [5, 5.41) is 0. The number of aldehydes is 1. The molecule has 0 aliphatic rings. The van der Waals surface area contributed by atoms with Gasteiger partial charge in [-0.15, -0.1) is 0 Å². The number of nitrogens with zero attached hydrogens (tertiary/aromatic N) is 1. The summed E-state index contributed by atoms with van der Waals surface area (Å²) in [4.78, 5) is 9.51. The van der Waals surface area contributed by atoms with Crippen molar-refractivity contribution < 1.29 is 4.79 Å². The zero-order chi connectivity index (χ0) is 5.54. The molecule has 38 valence electrons. The van der Waals surface area contributed by atoms with Crippen LogP contribution < -0.4 is 0 Å². The summed E-state index contributed by atoms with van der Waals surface area (Å²) in [5.74, 6) is 1.85. The van der Waals surface area contributed by atoms with Crippen LogP contribution >= 0.6 is 8.35 Å². The molecule has 0 atom stereocenters. The Kier molecular flexibility index (Phi) is 5.12. The fourth-order valence-corrected chi connectivity index (χ4v) is 0.397. The van der Waals surface area contributed by atoms with Gasteiger partial charge in [0.05, 0.1) is 6.21 Å². The van der Waals surface area contributed by atoms with Crippen LogP contribution in [0, 0.1) is 0 Å². The highest BCUT2D eigenvalue weighted by molar-refractivity contribution is 7.37. The number of hydrogen-bond donors (Lipinski definition) is 0. The first-order valence-electron chi connectivity index (χ1n) is 1.86. The quantitative estimate of drug-likeness (QED) is 0.299. The predicted molar refractivity (Wildman–Crippen MR) is 33.2 cm³/mol. The number of carbonyl (C=O) groups excluding carboxylic acids is 1. The van der Waals surface area contributed by atoms with Gasteiger partial charge in [0.25, 0.3) is 0 Å². The van der Waals surface area contributed by atoms with E-state index in [1.807, 2.05) is 12.7 Å². The van der Waals surface area contributed by atoms with E-state index < -0.39 is 0 Å². The Morgan fingerprint density at radius 1 is 1.71 bits per heavy atom. The van der Waals surface area contributed by atoms with Crippen molar-refractivity contribution in [3.63, 3.8) is 0 Å². The lowest BCUT2D eigenvalue weighted by Gasteiger charge is -1.62. The number of carbonyl (C=O) groups is 1. The lowest BCUT2D eigenvalue weighted by molar-refractivity contribution is -0.102. The summed E-state index contributed by atoms with van der Waals surface area (Å²) in [6, 6.07) is 0. The van der Waals surface area contributed by atoms with Crippen LogP contribution in [0.25, 0.3) is 0 Å². The third-order valence-corrected chi connectivity index (χ3v) is 0.807. The third kappa shape index (κ3) is 5.51. The maximum Gasteiger partial charge on any atom is 0.161 e. The first-order valence-corrected chi connectivity index (χ1v) is 2.78. The van der Waals surface area contributed by atoms with Crippen LogP contribution in [0.2, 0.25) is 0 Å². The zero-order valence-electron chi connectivity index (χ0n) is 4.03. The topological polar surface area (TPSA) is 29.4 Å². The van der Waals surface area contributed by atoms with Gasteiger partial charge in [0.15, 0.2) is 6.29 Å². The van der Waals surface area contributed by atoms with Gasteiger partial charge in [-0.2, -0.15) is 0 Å². The second-order valence-corrected chi connectivity index (χ2v) is 1.75. The summed E-state index contributed by atoms with van der Waals surface area (Å²) in [7, 11) is 0.840. The number of rotatable bonds is 2. The highest BCUT2D eigenvalue weighted by Crippen LogP contribution is 1.89. The fraction of sp³-hybridized carbons (Fsp3) is 0.250. The second kappa shape index (κ2) is 5.51. The third-order valence-electron chi connectivity index (χ3n) is 0.310. The van der Waals surface area contributed by atoms with Crippen molar-refractivity contribution in [3.05, 3.63) is 0 Å². The zero-order valence-corrected chi connectivity index (χ0v) is 4.93. The van der Waals surface area contributed by atoms with E-state index in [9.17, 15) is 4.79 Å². The van der Waals surface area contributed by atoms with E-state index in [0.29, 0.717) is 6.29 Å². The molecule has 0 bridgehead atoms. The van der Waals surface area contributed by atoms with Crippen molar-refractivity contribution in [3.8, 4) is 0 Å². The molecule has 7 heavy (non-hydrogen) atoms. The molecule has 0 aliphatic carbocycles. The van der Waals surface area contributed by atoms with Crippen molar-refractivity contribution in [1.82, 2.24) is 0 Å². The first kappa shape index (κ1) is 6.51. The van der Waals surface area contributed by atoms with Crippen molar-refractivity contribution in [1.29, 1.82) is 0 Å². The predicted octanol–water partition coefficient (Wildman–Crippen LogP) is 0.939. The molecule has 0 saturated carbocycles. The van der Waals surface area contributed by atoms with Gasteiger partial charge < -0.3 is 0 Å². The molecule has 0 rings (SSSR count). The van der Waals surface area contributed by atoms with Gasteiger partial charge in [0.1, 0.15) is 0 Å². The molecule has 0 amide bonds. The van der Waals surface area contributed by atoms with E-state index in [2.05, 4.69) is 4.76 Å². The lowest BCUT2D eigenvalue weighted by atomic mass is 10.9. The average molecular weight is 115 g/mol. The average Bonchev–Trinajstić information content (AvgIpc) is 1.69. The Morgan fingerprint density at radius 3 is 2.86 bits per heavy atom. The van der Waals surface area contributed by atoms with E-state index in [1.54, 1.807) is 0 Å². The van der Waals surface area contributed by atoms with Crippen molar-refractivity contribution in [2.45, 2.75) is 6.92 Å². The molecule has 2 nitrogen and oxygen atoms in total. The lowest BCUT2D eigenvalue weighted by Crippen LogP contribution is -1.64. The van der Waals surface area contributed by atoms with E-state index in [-0.39, 0.29) is 0 Å². The van der Waals surface area contributed by atoms with Gasteiger partial charge in [0.2, 0.25) is 0 Å². The van der Waals surface area contributed by atoms with Crippen LogP contribution in [0.1, 0.15) is 6.92 Å². The Hall–Kier alpha value is -0.490. The molecule has 0 aromatic carbocycles. The number of hydrogen-bond acceptors (Lipinski definition) is 2. The molecule has 0 aliphatic heterocycles. The summed E-state index contributed by atoms with van der Waals surface area (Å²) >= 11 is 0. The van der Waals surface area contributed by atoms with Crippen LogP contribution in [-0.4, -0.2) is 18.3 Å². The van der Waals surface area contributed by atoms with Crippen LogP contribution in [0.3, 0.4) is 0 Å². The summed E-state index contributed by atoms with van der Waals surface area (Å²) in [6.45, 7) is 1.88. The summed E-state index contributed by atoms with van der Waals surface area (Å²) in [5.41, 5.74) is 0.